The predicted molar refractivity (Wildman–Crippen MR) is 205 cm³/mol. The minimum absolute atomic E-state index is 0.00883. The Morgan fingerprint density at radius 3 is 2.04 bits per heavy atom. The number of carboxylic acid groups (broad SMARTS) is 1. The number of hydrogen-bond donors (Lipinski definition) is 3. The molecule has 3 N–H and O–H groups in total. The zero-order valence-corrected chi connectivity index (χ0v) is 34.1. The lowest BCUT2D eigenvalue weighted by molar-refractivity contribution is -0.153. The van der Waals surface area contributed by atoms with Crippen molar-refractivity contribution in [3.8, 4) is 0 Å². The number of amides is 4. The molecule has 1 aliphatic rings. The molecular formula is C40H67N5O8. The molecule has 13 heteroatoms. The zero-order chi connectivity index (χ0) is 40.2. The SMILES string of the molecule is CC[C@H](C)[C@@H]([C@@H](CC(=O)N1CCC[C@H]1[C@H](OC)[C@@H](C)C(=O)N[C@@H](Cc1ccccc1)C(=O)O)OC)N(C)C(=O)[C@H](C(C)C)N(C)C(=O)[C@@H](NC)C(C)C. The maximum absolute atomic E-state index is 14.3. The van der Waals surface area contributed by atoms with Crippen molar-refractivity contribution in [3.05, 3.63) is 35.9 Å². The average Bonchev–Trinajstić information content (AvgIpc) is 3.61. The van der Waals surface area contributed by atoms with Crippen molar-refractivity contribution >= 4 is 29.6 Å². The predicted octanol–water partition coefficient (Wildman–Crippen LogP) is 3.45. The molecule has 1 fully saturated rings. The molecule has 9 atom stereocenters. The minimum Gasteiger partial charge on any atom is -0.480 e. The van der Waals surface area contributed by atoms with Crippen LogP contribution in [0.25, 0.3) is 0 Å². The van der Waals surface area contributed by atoms with Crippen molar-refractivity contribution in [1.29, 1.82) is 0 Å². The molecule has 0 unspecified atom stereocenters. The van der Waals surface area contributed by atoms with E-state index in [1.165, 1.54) is 7.11 Å². The Hall–Kier alpha value is -3.55. The summed E-state index contributed by atoms with van der Waals surface area (Å²) >= 11 is 0. The summed E-state index contributed by atoms with van der Waals surface area (Å²) in [5, 5.41) is 15.6. The Balaban J connectivity index is 2.30. The van der Waals surface area contributed by atoms with Crippen LogP contribution in [0.3, 0.4) is 0 Å². The van der Waals surface area contributed by atoms with Crippen LogP contribution in [0, 0.1) is 23.7 Å². The second-order valence-corrected chi connectivity index (χ2v) is 15.3. The number of hydrogen-bond acceptors (Lipinski definition) is 8. The molecule has 53 heavy (non-hydrogen) atoms. The van der Waals surface area contributed by atoms with Crippen molar-refractivity contribution in [1.82, 2.24) is 25.3 Å². The van der Waals surface area contributed by atoms with Crippen molar-refractivity contribution in [2.75, 3.05) is 41.9 Å². The maximum atomic E-state index is 14.3. The highest BCUT2D eigenvalue weighted by Gasteiger charge is 2.44. The van der Waals surface area contributed by atoms with Gasteiger partial charge < -0.3 is 39.9 Å². The summed E-state index contributed by atoms with van der Waals surface area (Å²) in [6.45, 7) is 14.0. The number of methoxy groups -OCH3 is 2. The van der Waals surface area contributed by atoms with Gasteiger partial charge in [-0.1, -0.05) is 85.2 Å². The molecule has 1 aromatic carbocycles. The summed E-state index contributed by atoms with van der Waals surface area (Å²) in [6, 6.07) is 5.91. The summed E-state index contributed by atoms with van der Waals surface area (Å²) in [4.78, 5) is 72.6. The van der Waals surface area contributed by atoms with E-state index in [0.29, 0.717) is 19.4 Å². The van der Waals surface area contributed by atoms with Gasteiger partial charge in [-0.3, -0.25) is 19.2 Å². The Morgan fingerprint density at radius 1 is 0.925 bits per heavy atom. The van der Waals surface area contributed by atoms with E-state index < -0.39 is 60.2 Å². The van der Waals surface area contributed by atoms with E-state index in [1.807, 2.05) is 71.9 Å². The highest BCUT2D eigenvalue weighted by Crippen LogP contribution is 2.30. The van der Waals surface area contributed by atoms with Gasteiger partial charge in [0.05, 0.1) is 42.7 Å². The van der Waals surface area contributed by atoms with Gasteiger partial charge in [0.1, 0.15) is 12.1 Å². The van der Waals surface area contributed by atoms with Gasteiger partial charge in [0, 0.05) is 41.3 Å². The van der Waals surface area contributed by atoms with E-state index in [0.717, 1.165) is 12.0 Å². The lowest BCUT2D eigenvalue weighted by Gasteiger charge is -2.42. The first-order valence-electron chi connectivity index (χ1n) is 19.1. The first kappa shape index (κ1) is 45.6. The van der Waals surface area contributed by atoms with Crippen molar-refractivity contribution in [2.45, 2.75) is 123 Å². The van der Waals surface area contributed by atoms with E-state index in [2.05, 4.69) is 10.6 Å². The highest BCUT2D eigenvalue weighted by atomic mass is 16.5. The zero-order valence-electron chi connectivity index (χ0n) is 34.1. The normalized spacial score (nSPS) is 19.1. The number of carbonyl (C=O) groups excluding carboxylic acids is 4. The van der Waals surface area contributed by atoms with Gasteiger partial charge in [0.15, 0.2) is 0 Å². The van der Waals surface area contributed by atoms with Crippen molar-refractivity contribution in [2.24, 2.45) is 23.7 Å². The fourth-order valence-electron chi connectivity index (χ4n) is 7.86. The lowest BCUT2D eigenvalue weighted by atomic mass is 9.89. The number of rotatable bonds is 21. The summed E-state index contributed by atoms with van der Waals surface area (Å²) < 4.78 is 11.9. The van der Waals surface area contributed by atoms with Crippen molar-refractivity contribution < 1.29 is 38.6 Å². The third-order valence-electron chi connectivity index (χ3n) is 11.0. The van der Waals surface area contributed by atoms with Crippen LogP contribution in [0.4, 0.5) is 0 Å². The second-order valence-electron chi connectivity index (χ2n) is 15.3. The molecule has 2 rings (SSSR count). The minimum atomic E-state index is -1.14. The van der Waals surface area contributed by atoms with Gasteiger partial charge >= 0.3 is 5.97 Å². The summed E-state index contributed by atoms with van der Waals surface area (Å²) in [5.41, 5.74) is 0.785. The van der Waals surface area contributed by atoms with Crippen LogP contribution in [-0.2, 0) is 39.9 Å². The van der Waals surface area contributed by atoms with E-state index in [1.54, 1.807) is 49.9 Å². The molecule has 0 radical (unpaired) electrons. The molecule has 4 amide bonds. The number of nitrogens with one attached hydrogen (secondary N) is 2. The molecule has 13 nitrogen and oxygen atoms in total. The van der Waals surface area contributed by atoms with Gasteiger partial charge in [-0.05, 0) is 43.2 Å². The Morgan fingerprint density at radius 2 is 1.55 bits per heavy atom. The van der Waals surface area contributed by atoms with Crippen LogP contribution < -0.4 is 10.6 Å². The molecule has 1 aromatic rings. The number of carboxylic acids is 1. The molecule has 0 spiro atoms. The smallest absolute Gasteiger partial charge is 0.326 e. The second kappa shape index (κ2) is 21.4. The largest absolute Gasteiger partial charge is 0.480 e. The molecule has 300 valence electrons. The highest BCUT2D eigenvalue weighted by molar-refractivity contribution is 5.90. The van der Waals surface area contributed by atoms with E-state index in [9.17, 15) is 29.1 Å². The third-order valence-corrected chi connectivity index (χ3v) is 11.0. The number of ether oxygens (including phenoxy) is 2. The lowest BCUT2D eigenvalue weighted by Crippen LogP contribution is -2.60. The van der Waals surface area contributed by atoms with Crippen LogP contribution >= 0.6 is 0 Å². The number of benzene rings is 1. The van der Waals surface area contributed by atoms with E-state index >= 15 is 0 Å². The number of aliphatic carboxylic acids is 1. The summed E-state index contributed by atoms with van der Waals surface area (Å²) in [6.07, 6.45) is 0.825. The van der Waals surface area contributed by atoms with Gasteiger partial charge in [-0.15, -0.1) is 0 Å². The van der Waals surface area contributed by atoms with E-state index in [-0.39, 0.29) is 48.3 Å². The van der Waals surface area contributed by atoms with E-state index in [4.69, 9.17) is 9.47 Å². The maximum Gasteiger partial charge on any atom is 0.326 e. The number of carbonyl (C=O) groups is 5. The fourth-order valence-corrected chi connectivity index (χ4v) is 7.86. The molecule has 1 saturated heterocycles. The first-order chi connectivity index (χ1) is 25.0. The van der Waals surface area contributed by atoms with Gasteiger partial charge in [0.2, 0.25) is 23.6 Å². The van der Waals surface area contributed by atoms with Gasteiger partial charge in [0.25, 0.3) is 0 Å². The topological polar surface area (TPSA) is 158 Å². The molecular weight excluding hydrogens is 678 g/mol. The Bertz CT molecular complexity index is 1340. The van der Waals surface area contributed by atoms with Crippen LogP contribution in [0.5, 0.6) is 0 Å². The number of nitrogens with zero attached hydrogens (tertiary/aromatic N) is 3. The average molecular weight is 746 g/mol. The molecule has 0 bridgehead atoms. The number of likely N-dealkylation sites (N-methyl/N-ethyl adjacent to an activating group) is 3. The molecule has 0 aliphatic carbocycles. The Kier molecular flexibility index (Phi) is 18.4. The van der Waals surface area contributed by atoms with Gasteiger partial charge in [-0.25, -0.2) is 4.79 Å². The molecule has 0 saturated carbocycles. The monoisotopic (exact) mass is 745 g/mol. The number of likely N-dealkylation sites (tertiary alicyclic amines) is 1. The van der Waals surface area contributed by atoms with Crippen LogP contribution in [-0.4, -0.2) is 134 Å². The Labute approximate surface area is 317 Å². The molecule has 1 aliphatic heterocycles. The van der Waals surface area contributed by atoms with Gasteiger partial charge in [-0.2, -0.15) is 0 Å². The molecule has 0 aromatic heterocycles. The third kappa shape index (κ3) is 11.7. The standard InChI is InChI=1S/C40H67N5O8/c1-13-26(6)35(44(10)39(49)34(25(4)5)43(9)38(48)33(41-8)24(2)3)31(52-11)23-32(46)45-21-17-20-30(45)36(53-12)27(7)37(47)42-29(40(50)51)22-28-18-15-14-16-19-28/h14-16,18-19,24-27,29-31,33-36,41H,13,17,20-23H2,1-12H3,(H,42,47)(H,50,51)/t26-,27+,29-,30-,31+,33-,34-,35-,36+/m0/s1. The van der Waals surface area contributed by atoms with Crippen molar-refractivity contribution in [3.63, 3.8) is 0 Å². The summed E-state index contributed by atoms with van der Waals surface area (Å²) in [7, 11) is 8.18. The summed E-state index contributed by atoms with van der Waals surface area (Å²) in [5.74, 6) is -3.12. The quantitative estimate of drug-likeness (QED) is 0.172. The fraction of sp³-hybridized carbons (Fsp3) is 0.725. The first-order valence-corrected chi connectivity index (χ1v) is 19.1. The molecule has 1 heterocycles. The van der Waals surface area contributed by atoms with Crippen LogP contribution in [0.1, 0.15) is 79.7 Å². The van der Waals surface area contributed by atoms with Crippen LogP contribution in [0.15, 0.2) is 30.3 Å². The van der Waals surface area contributed by atoms with Crippen LogP contribution in [0.2, 0.25) is 0 Å².